The Hall–Kier alpha value is -1.11. The van der Waals surface area contributed by atoms with Gasteiger partial charge in [0.15, 0.2) is 9.84 Å². The van der Waals surface area contributed by atoms with Crippen LogP contribution < -0.4 is 5.73 Å². The van der Waals surface area contributed by atoms with E-state index in [-0.39, 0.29) is 35.2 Å². The van der Waals surface area contributed by atoms with Crippen LogP contribution >= 0.6 is 12.4 Å². The summed E-state index contributed by atoms with van der Waals surface area (Å²) in [6.07, 6.45) is 1.17. The fourth-order valence-electron chi connectivity index (χ4n) is 1.86. The van der Waals surface area contributed by atoms with Gasteiger partial charge in [-0.2, -0.15) is 0 Å². The number of halogens is 1. The molecule has 1 rings (SSSR count). The van der Waals surface area contributed by atoms with Crippen molar-refractivity contribution in [2.75, 3.05) is 19.8 Å². The Morgan fingerprint density at radius 2 is 1.71 bits per heavy atom. The molecule has 0 aromatic heterocycles. The van der Waals surface area contributed by atoms with Gasteiger partial charge in [0.2, 0.25) is 5.91 Å². The van der Waals surface area contributed by atoms with E-state index in [1.807, 2.05) is 6.92 Å². The third-order valence-corrected chi connectivity index (χ3v) is 4.62. The molecule has 0 spiro atoms. The molecule has 0 bridgehead atoms. The molecule has 2 unspecified atom stereocenters. The van der Waals surface area contributed by atoms with Gasteiger partial charge in [0.25, 0.3) is 0 Å². The Bertz CT molecular complexity index is 572. The maximum Gasteiger partial charge on any atom is 0.226 e. The normalized spacial score (nSPS) is 14.0. The van der Waals surface area contributed by atoms with Crippen molar-refractivity contribution in [2.45, 2.75) is 24.8 Å². The average molecular weight is 335 g/mol. The minimum absolute atomic E-state index is 0. The largest absolute Gasteiger partial charge is 0.339 e. The van der Waals surface area contributed by atoms with Crippen LogP contribution in [0.5, 0.6) is 0 Å². The lowest BCUT2D eigenvalue weighted by Crippen LogP contribution is -2.36. The molecule has 0 fully saturated rings. The van der Waals surface area contributed by atoms with Gasteiger partial charge in [-0.05, 0) is 24.6 Å². The van der Waals surface area contributed by atoms with Crippen LogP contribution in [0.2, 0.25) is 0 Å². The number of nitrogens with zero attached hydrogens (tertiary/aromatic N) is 1. The highest BCUT2D eigenvalue weighted by molar-refractivity contribution is 7.90. The molecule has 7 heteroatoms. The smallest absolute Gasteiger partial charge is 0.226 e. The highest BCUT2D eigenvalue weighted by atomic mass is 35.5. The number of sulfone groups is 1. The van der Waals surface area contributed by atoms with Crippen LogP contribution in [-0.2, 0) is 14.6 Å². The van der Waals surface area contributed by atoms with Crippen LogP contribution in [0.3, 0.4) is 0 Å². The van der Waals surface area contributed by atoms with Gasteiger partial charge in [-0.3, -0.25) is 4.79 Å². The maximum atomic E-state index is 12.1. The molecule has 2 atom stereocenters. The Kier molecular flexibility index (Phi) is 7.36. The maximum absolute atomic E-state index is 12.1. The average Bonchev–Trinajstić information content (AvgIpc) is 2.43. The summed E-state index contributed by atoms with van der Waals surface area (Å²) < 4.78 is 22.8. The summed E-state index contributed by atoms with van der Waals surface area (Å²) in [5, 5.41) is 0. The Morgan fingerprint density at radius 3 is 2.10 bits per heavy atom. The predicted octanol–water partition coefficient (Wildman–Crippen LogP) is 1.63. The van der Waals surface area contributed by atoms with Gasteiger partial charge in [0.1, 0.15) is 0 Å². The van der Waals surface area contributed by atoms with Gasteiger partial charge in [-0.25, -0.2) is 8.42 Å². The second kappa shape index (κ2) is 7.77. The Balaban J connectivity index is 0.00000400. The molecule has 0 heterocycles. The summed E-state index contributed by atoms with van der Waals surface area (Å²) in [5.41, 5.74) is 6.39. The summed E-state index contributed by atoms with van der Waals surface area (Å²) in [7, 11) is -1.47. The summed E-state index contributed by atoms with van der Waals surface area (Å²) in [4.78, 5) is 14.0. The number of amides is 1. The van der Waals surface area contributed by atoms with E-state index in [4.69, 9.17) is 5.73 Å². The lowest BCUT2D eigenvalue weighted by Gasteiger charge is -2.27. The van der Waals surface area contributed by atoms with E-state index in [0.717, 1.165) is 5.56 Å². The summed E-state index contributed by atoms with van der Waals surface area (Å²) in [5.74, 6) is -0.245. The number of nitrogens with two attached hydrogens (primary N) is 1. The molecule has 1 aromatic carbocycles. The van der Waals surface area contributed by atoms with Gasteiger partial charge in [0.05, 0.1) is 10.9 Å². The highest BCUT2D eigenvalue weighted by Crippen LogP contribution is 2.22. The second-order valence-electron chi connectivity index (χ2n) is 5.10. The van der Waals surface area contributed by atoms with Gasteiger partial charge in [-0.15, -0.1) is 12.4 Å². The van der Waals surface area contributed by atoms with Crippen LogP contribution in [0, 0.1) is 5.92 Å². The fourth-order valence-corrected chi connectivity index (χ4v) is 2.49. The molecule has 2 N–H and O–H groups in total. The molecule has 0 aliphatic rings. The number of rotatable bonds is 5. The van der Waals surface area contributed by atoms with Crippen LogP contribution in [0.25, 0.3) is 0 Å². The fraction of sp³-hybridized carbons (Fsp3) is 0.500. The molecule has 1 amide bonds. The first kappa shape index (κ1) is 19.9. The van der Waals surface area contributed by atoms with E-state index in [0.29, 0.717) is 6.54 Å². The quantitative estimate of drug-likeness (QED) is 0.887. The van der Waals surface area contributed by atoms with Crippen molar-refractivity contribution >= 4 is 28.2 Å². The minimum Gasteiger partial charge on any atom is -0.339 e. The van der Waals surface area contributed by atoms with Crippen molar-refractivity contribution in [2.24, 2.45) is 11.7 Å². The van der Waals surface area contributed by atoms with Crippen LogP contribution in [0.15, 0.2) is 29.2 Å². The summed E-state index contributed by atoms with van der Waals surface area (Å²) in [6, 6.07) is 6.46. The lowest BCUT2D eigenvalue weighted by atomic mass is 10.1. The first-order valence-electron chi connectivity index (χ1n) is 6.45. The van der Waals surface area contributed by atoms with Crippen molar-refractivity contribution < 1.29 is 13.2 Å². The Labute approximate surface area is 132 Å². The van der Waals surface area contributed by atoms with Gasteiger partial charge >= 0.3 is 0 Å². The third kappa shape index (κ3) is 4.98. The standard InChI is InChI=1S/C14H22N2O3S.ClH/c1-10(9-15)14(17)16(3)11(2)12-5-7-13(8-6-12)20(4,18)19;/h5-8,10-11H,9,15H2,1-4H3;1H. The summed E-state index contributed by atoms with van der Waals surface area (Å²) >= 11 is 0. The summed E-state index contributed by atoms with van der Waals surface area (Å²) in [6.45, 7) is 4.00. The first-order chi connectivity index (χ1) is 9.18. The Morgan fingerprint density at radius 1 is 1.24 bits per heavy atom. The lowest BCUT2D eigenvalue weighted by molar-refractivity contribution is -0.135. The molecule has 120 valence electrons. The number of benzene rings is 1. The molecule has 0 aliphatic heterocycles. The van der Waals surface area contributed by atoms with Crippen molar-refractivity contribution in [3.05, 3.63) is 29.8 Å². The van der Waals surface area contributed by atoms with E-state index >= 15 is 0 Å². The molecule has 21 heavy (non-hydrogen) atoms. The molecule has 5 nitrogen and oxygen atoms in total. The molecule has 0 radical (unpaired) electrons. The van der Waals surface area contributed by atoms with Crippen molar-refractivity contribution in [1.82, 2.24) is 4.90 Å². The monoisotopic (exact) mass is 334 g/mol. The van der Waals surface area contributed by atoms with E-state index in [1.54, 1.807) is 43.1 Å². The zero-order valence-corrected chi connectivity index (χ0v) is 14.4. The van der Waals surface area contributed by atoms with Crippen molar-refractivity contribution in [3.8, 4) is 0 Å². The highest BCUT2D eigenvalue weighted by Gasteiger charge is 2.21. The van der Waals surface area contributed by atoms with E-state index in [2.05, 4.69) is 0 Å². The molecule has 1 aromatic rings. The molecule has 0 saturated carbocycles. The van der Waals surface area contributed by atoms with Crippen molar-refractivity contribution in [1.29, 1.82) is 0 Å². The first-order valence-corrected chi connectivity index (χ1v) is 8.34. The molecular formula is C14H23ClN2O3S. The van der Waals surface area contributed by atoms with Gasteiger partial charge < -0.3 is 10.6 Å². The number of carbonyl (C=O) groups is 1. The SMILES string of the molecule is CC(CN)C(=O)N(C)C(C)c1ccc(S(C)(=O)=O)cc1.Cl. The second-order valence-corrected chi connectivity index (χ2v) is 7.12. The van der Waals surface area contributed by atoms with Gasteiger partial charge in [-0.1, -0.05) is 19.1 Å². The molecule has 0 aliphatic carbocycles. The van der Waals surface area contributed by atoms with E-state index in [9.17, 15) is 13.2 Å². The van der Waals surface area contributed by atoms with Crippen LogP contribution in [0.1, 0.15) is 25.5 Å². The van der Waals surface area contributed by atoms with E-state index in [1.165, 1.54) is 6.26 Å². The number of hydrogen-bond acceptors (Lipinski definition) is 4. The van der Waals surface area contributed by atoms with Crippen LogP contribution in [0.4, 0.5) is 0 Å². The third-order valence-electron chi connectivity index (χ3n) is 3.49. The zero-order valence-electron chi connectivity index (χ0n) is 12.7. The molecular weight excluding hydrogens is 312 g/mol. The molecule has 0 saturated heterocycles. The van der Waals surface area contributed by atoms with E-state index < -0.39 is 9.84 Å². The topological polar surface area (TPSA) is 80.5 Å². The van der Waals surface area contributed by atoms with Crippen molar-refractivity contribution in [3.63, 3.8) is 0 Å². The predicted molar refractivity (Wildman–Crippen MR) is 86.2 cm³/mol. The number of hydrogen-bond donors (Lipinski definition) is 1. The zero-order chi connectivity index (χ0) is 15.5. The number of carbonyl (C=O) groups excluding carboxylic acids is 1. The van der Waals surface area contributed by atoms with Crippen LogP contribution in [-0.4, -0.2) is 39.1 Å². The van der Waals surface area contributed by atoms with Gasteiger partial charge in [0, 0.05) is 25.8 Å². The minimum atomic E-state index is -3.20.